The Hall–Kier alpha value is -2.71. The summed E-state index contributed by atoms with van der Waals surface area (Å²) in [6, 6.07) is 12.3. The molecule has 172 valence electrons. The lowest BCUT2D eigenvalue weighted by atomic mass is 10.0. The number of benzene rings is 2. The molecular weight excluding hydrogens is 495 g/mol. The number of likely N-dealkylation sites (tertiary alicyclic amines) is 1. The van der Waals surface area contributed by atoms with E-state index in [-0.39, 0.29) is 5.91 Å². The molecule has 1 fully saturated rings. The van der Waals surface area contributed by atoms with Crippen molar-refractivity contribution in [3.63, 3.8) is 0 Å². The Morgan fingerprint density at radius 1 is 1.21 bits per heavy atom. The number of alkyl halides is 3. The van der Waals surface area contributed by atoms with Gasteiger partial charge in [-0.3, -0.25) is 4.79 Å². The van der Waals surface area contributed by atoms with E-state index in [4.69, 9.17) is 0 Å². The first-order chi connectivity index (χ1) is 15.7. The Kier molecular flexibility index (Phi) is 6.86. The van der Waals surface area contributed by atoms with E-state index in [1.165, 1.54) is 6.07 Å². The van der Waals surface area contributed by atoms with Crippen molar-refractivity contribution in [1.29, 1.82) is 0 Å². The van der Waals surface area contributed by atoms with Crippen molar-refractivity contribution in [2.45, 2.75) is 12.6 Å². The minimum atomic E-state index is -4.40. The number of aromatic nitrogens is 1. The van der Waals surface area contributed by atoms with Crippen molar-refractivity contribution in [2.24, 2.45) is 5.92 Å². The average Bonchev–Trinajstić information content (AvgIpc) is 3.20. The quantitative estimate of drug-likeness (QED) is 0.460. The second-order valence-corrected chi connectivity index (χ2v) is 9.26. The van der Waals surface area contributed by atoms with Gasteiger partial charge in [0.25, 0.3) is 5.91 Å². The summed E-state index contributed by atoms with van der Waals surface area (Å²) in [5.41, 5.74) is 1.30. The predicted molar refractivity (Wildman–Crippen MR) is 128 cm³/mol. The van der Waals surface area contributed by atoms with Gasteiger partial charge in [0.05, 0.1) is 22.3 Å². The van der Waals surface area contributed by atoms with Crippen LogP contribution in [0.4, 0.5) is 13.2 Å². The summed E-state index contributed by atoms with van der Waals surface area (Å²) in [4.78, 5) is 19.9. The lowest BCUT2D eigenvalue weighted by Gasteiger charge is -2.13. The van der Waals surface area contributed by atoms with Gasteiger partial charge in [0.2, 0.25) is 0 Å². The fourth-order valence-electron chi connectivity index (χ4n) is 4.02. The topological polar surface area (TPSA) is 45.2 Å². The lowest BCUT2D eigenvalue weighted by Crippen LogP contribution is -2.30. The van der Waals surface area contributed by atoms with Crippen LogP contribution in [0.15, 0.2) is 53.0 Å². The van der Waals surface area contributed by atoms with E-state index in [2.05, 4.69) is 38.2 Å². The molecule has 1 N–H and O–H groups in total. The second-order valence-electron chi connectivity index (χ2n) is 8.34. The van der Waals surface area contributed by atoms with Crippen molar-refractivity contribution < 1.29 is 18.0 Å². The van der Waals surface area contributed by atoms with Crippen LogP contribution in [0, 0.1) is 5.92 Å². The summed E-state index contributed by atoms with van der Waals surface area (Å²) in [5.74, 6) is 0.225. The first-order valence-electron chi connectivity index (χ1n) is 10.6. The second kappa shape index (κ2) is 9.65. The van der Waals surface area contributed by atoms with E-state index in [1.807, 2.05) is 18.2 Å². The summed E-state index contributed by atoms with van der Waals surface area (Å²) >= 11 is 3.45. The third-order valence-corrected chi connectivity index (χ3v) is 6.23. The summed E-state index contributed by atoms with van der Waals surface area (Å²) < 4.78 is 39.8. The molecule has 33 heavy (non-hydrogen) atoms. The van der Waals surface area contributed by atoms with Gasteiger partial charge < -0.3 is 10.2 Å². The van der Waals surface area contributed by atoms with E-state index in [9.17, 15) is 18.0 Å². The maximum absolute atomic E-state index is 13.1. The number of fused-ring (bicyclic) bond motifs is 1. The van der Waals surface area contributed by atoms with Crippen molar-refractivity contribution in [1.82, 2.24) is 15.2 Å². The highest BCUT2D eigenvalue weighted by atomic mass is 79.9. The molecule has 4 nitrogen and oxygen atoms in total. The molecule has 1 unspecified atom stereocenters. The number of rotatable bonds is 5. The van der Waals surface area contributed by atoms with Crippen LogP contribution in [-0.4, -0.2) is 42.5 Å². The monoisotopic (exact) mass is 517 g/mol. The van der Waals surface area contributed by atoms with Gasteiger partial charge in [-0.2, -0.15) is 13.2 Å². The maximum Gasteiger partial charge on any atom is 0.416 e. The van der Waals surface area contributed by atoms with Gasteiger partial charge in [0.15, 0.2) is 0 Å². The fourth-order valence-corrected chi connectivity index (χ4v) is 4.38. The molecule has 0 radical (unpaired) electrons. The zero-order valence-corrected chi connectivity index (χ0v) is 19.6. The molecule has 1 amide bonds. The molecule has 2 aromatic carbocycles. The number of amides is 1. The lowest BCUT2D eigenvalue weighted by molar-refractivity contribution is -0.137. The Morgan fingerprint density at radius 3 is 2.76 bits per heavy atom. The summed E-state index contributed by atoms with van der Waals surface area (Å²) in [6.07, 6.45) is -0.166. The first-order valence-corrected chi connectivity index (χ1v) is 11.4. The molecule has 1 saturated heterocycles. The molecule has 0 bridgehead atoms. The minimum Gasteiger partial charge on any atom is -0.352 e. The SMILES string of the molecule is CN1CCC(CNC(=O)c2cc(/C=C/c3cccc(C(F)(F)F)c3)nc3ccc(Br)cc23)C1. The molecule has 1 aliphatic heterocycles. The maximum atomic E-state index is 13.1. The van der Waals surface area contributed by atoms with Crippen LogP contribution in [0.1, 0.15) is 33.6 Å². The largest absolute Gasteiger partial charge is 0.416 e. The highest BCUT2D eigenvalue weighted by Crippen LogP contribution is 2.30. The van der Waals surface area contributed by atoms with Crippen LogP contribution in [0.25, 0.3) is 23.1 Å². The molecular formula is C25H23BrF3N3O. The average molecular weight is 518 g/mol. The number of nitrogens with zero attached hydrogens (tertiary/aromatic N) is 2. The highest BCUT2D eigenvalue weighted by molar-refractivity contribution is 9.10. The van der Waals surface area contributed by atoms with E-state index < -0.39 is 11.7 Å². The number of halogens is 4. The molecule has 0 spiro atoms. The van der Waals surface area contributed by atoms with Gasteiger partial charge in [-0.05, 0) is 74.0 Å². The standard InChI is InChI=1S/C25H23BrF3N3O/c1-32-10-9-17(15-32)14-30-24(33)22-13-20(31-23-8-6-19(26)12-21(22)23)7-5-16-3-2-4-18(11-16)25(27,28)29/h2-8,11-13,17H,9-10,14-15H2,1H3,(H,30,33)/b7-5+. The number of carbonyl (C=O) groups excluding carboxylic acids is 1. The predicted octanol–water partition coefficient (Wildman–Crippen LogP) is 5.87. The Morgan fingerprint density at radius 2 is 2.03 bits per heavy atom. The van der Waals surface area contributed by atoms with Crippen LogP contribution < -0.4 is 5.32 Å². The molecule has 2 heterocycles. The number of carbonyl (C=O) groups is 1. The zero-order chi connectivity index (χ0) is 23.6. The van der Waals surface area contributed by atoms with Crippen molar-refractivity contribution >= 4 is 44.9 Å². The molecule has 1 aliphatic rings. The number of nitrogens with one attached hydrogen (secondary N) is 1. The van der Waals surface area contributed by atoms with E-state index >= 15 is 0 Å². The van der Waals surface area contributed by atoms with E-state index in [1.54, 1.807) is 24.3 Å². The Bertz CT molecular complexity index is 1210. The summed E-state index contributed by atoms with van der Waals surface area (Å²) in [5, 5.41) is 3.75. The number of pyridine rings is 1. The van der Waals surface area contributed by atoms with Crippen LogP contribution in [0.3, 0.4) is 0 Å². The van der Waals surface area contributed by atoms with Crippen LogP contribution >= 0.6 is 15.9 Å². The Balaban J connectivity index is 1.62. The van der Waals surface area contributed by atoms with Gasteiger partial charge in [-0.15, -0.1) is 0 Å². The molecule has 0 aliphatic carbocycles. The van der Waals surface area contributed by atoms with Gasteiger partial charge in [0.1, 0.15) is 0 Å². The van der Waals surface area contributed by atoms with Crippen molar-refractivity contribution in [3.8, 4) is 0 Å². The Labute approximate surface area is 198 Å². The molecule has 0 saturated carbocycles. The van der Waals surface area contributed by atoms with Gasteiger partial charge >= 0.3 is 6.18 Å². The van der Waals surface area contributed by atoms with Crippen LogP contribution in [0.2, 0.25) is 0 Å². The van der Waals surface area contributed by atoms with Crippen molar-refractivity contribution in [3.05, 3.63) is 75.4 Å². The van der Waals surface area contributed by atoms with Gasteiger partial charge in [-0.1, -0.05) is 34.1 Å². The first kappa shape index (κ1) is 23.4. The fraction of sp³-hybridized carbons (Fsp3) is 0.280. The van der Waals surface area contributed by atoms with Gasteiger partial charge in [-0.25, -0.2) is 4.98 Å². The summed E-state index contributed by atoms with van der Waals surface area (Å²) in [6.45, 7) is 2.57. The molecule has 3 aromatic rings. The summed E-state index contributed by atoms with van der Waals surface area (Å²) in [7, 11) is 2.07. The van der Waals surface area contributed by atoms with E-state index in [0.29, 0.717) is 40.2 Å². The normalized spacial score (nSPS) is 17.2. The third-order valence-electron chi connectivity index (χ3n) is 5.74. The molecule has 4 rings (SSSR count). The van der Waals surface area contributed by atoms with Crippen LogP contribution in [0.5, 0.6) is 0 Å². The highest BCUT2D eigenvalue weighted by Gasteiger charge is 2.30. The van der Waals surface area contributed by atoms with Crippen molar-refractivity contribution in [2.75, 3.05) is 26.7 Å². The molecule has 1 aromatic heterocycles. The number of hydrogen-bond acceptors (Lipinski definition) is 3. The minimum absolute atomic E-state index is 0.191. The third kappa shape index (κ3) is 5.81. The van der Waals surface area contributed by atoms with Crippen LogP contribution in [-0.2, 0) is 6.18 Å². The zero-order valence-electron chi connectivity index (χ0n) is 18.0. The van der Waals surface area contributed by atoms with Gasteiger partial charge in [0, 0.05) is 22.9 Å². The smallest absolute Gasteiger partial charge is 0.352 e. The number of hydrogen-bond donors (Lipinski definition) is 1. The molecule has 1 atom stereocenters. The van der Waals surface area contributed by atoms with E-state index in [0.717, 1.165) is 36.1 Å². The molecule has 8 heteroatoms.